The van der Waals surface area contributed by atoms with Crippen LogP contribution in [0, 0.1) is 0 Å². The van der Waals surface area contributed by atoms with Crippen molar-refractivity contribution in [2.45, 2.75) is 39.2 Å². The molecule has 0 aliphatic carbocycles. The molecule has 1 aromatic heterocycles. The lowest BCUT2D eigenvalue weighted by molar-refractivity contribution is 0.166. The van der Waals surface area contributed by atoms with Crippen LogP contribution >= 0.6 is 0 Å². The molecule has 0 bridgehead atoms. The highest BCUT2D eigenvalue weighted by Gasteiger charge is 2.10. The van der Waals surface area contributed by atoms with Gasteiger partial charge in [-0.05, 0) is 43.4 Å². The monoisotopic (exact) mass is 205 g/mol. The van der Waals surface area contributed by atoms with Crippen molar-refractivity contribution in [1.82, 2.24) is 4.98 Å². The Morgan fingerprint density at radius 2 is 2.33 bits per heavy atom. The zero-order chi connectivity index (χ0) is 11.3. The molecule has 2 nitrogen and oxygen atoms in total. The summed E-state index contributed by atoms with van der Waals surface area (Å²) in [4.78, 5) is 4.07. The molecule has 2 heteroatoms. The van der Waals surface area contributed by atoms with Gasteiger partial charge in [0, 0.05) is 12.4 Å². The van der Waals surface area contributed by atoms with Crippen LogP contribution in [0.4, 0.5) is 0 Å². The number of nitrogens with zero attached hydrogens (tertiary/aromatic N) is 1. The fourth-order valence-corrected chi connectivity index (χ4v) is 1.60. The summed E-state index contributed by atoms with van der Waals surface area (Å²) in [5.74, 6) is 0. The van der Waals surface area contributed by atoms with Gasteiger partial charge in [0.25, 0.3) is 0 Å². The number of aliphatic hydroxyl groups is 1. The number of aliphatic hydroxyl groups excluding tert-OH is 1. The maximum absolute atomic E-state index is 10.0. The second kappa shape index (κ2) is 5.66. The van der Waals surface area contributed by atoms with Crippen LogP contribution in [-0.4, -0.2) is 10.1 Å². The number of rotatable bonds is 5. The topological polar surface area (TPSA) is 33.1 Å². The molecule has 0 aliphatic rings. The van der Waals surface area contributed by atoms with E-state index in [1.165, 1.54) is 0 Å². The van der Waals surface area contributed by atoms with E-state index in [0.717, 1.165) is 36.0 Å². The molecule has 1 aromatic rings. The average molecular weight is 205 g/mol. The molecule has 15 heavy (non-hydrogen) atoms. The quantitative estimate of drug-likeness (QED) is 0.749. The molecule has 1 atom stereocenters. The third-order valence-electron chi connectivity index (χ3n) is 2.53. The second-order valence-corrected chi connectivity index (χ2v) is 3.94. The van der Waals surface area contributed by atoms with Crippen molar-refractivity contribution in [2.75, 3.05) is 0 Å². The largest absolute Gasteiger partial charge is 0.388 e. The molecule has 1 N–H and O–H groups in total. The van der Waals surface area contributed by atoms with Gasteiger partial charge in [-0.1, -0.05) is 12.5 Å². The van der Waals surface area contributed by atoms with Crippen LogP contribution in [0.3, 0.4) is 0 Å². The minimum atomic E-state index is -0.389. The third kappa shape index (κ3) is 3.48. The molecule has 0 saturated heterocycles. The van der Waals surface area contributed by atoms with Crippen molar-refractivity contribution in [2.24, 2.45) is 0 Å². The first-order valence-corrected chi connectivity index (χ1v) is 5.40. The summed E-state index contributed by atoms with van der Waals surface area (Å²) in [5.41, 5.74) is 3.25. The third-order valence-corrected chi connectivity index (χ3v) is 2.53. The maximum atomic E-state index is 10.0. The first kappa shape index (κ1) is 11.9. The summed E-state index contributed by atoms with van der Waals surface area (Å²) in [5, 5.41) is 10.0. The summed E-state index contributed by atoms with van der Waals surface area (Å²) < 4.78 is 0. The van der Waals surface area contributed by atoms with Gasteiger partial charge in [0.15, 0.2) is 0 Å². The van der Waals surface area contributed by atoms with Crippen molar-refractivity contribution in [3.8, 4) is 0 Å². The molecule has 0 fully saturated rings. The lowest BCUT2D eigenvalue weighted by Gasteiger charge is -2.14. The van der Waals surface area contributed by atoms with E-state index in [1.807, 2.05) is 19.2 Å². The van der Waals surface area contributed by atoms with Crippen LogP contribution in [0.25, 0.3) is 0 Å². The summed E-state index contributed by atoms with van der Waals surface area (Å²) in [6.07, 6.45) is 5.70. The lowest BCUT2D eigenvalue weighted by Crippen LogP contribution is -2.02. The summed E-state index contributed by atoms with van der Waals surface area (Å²) in [6, 6.07) is 1.90. The first-order chi connectivity index (χ1) is 7.15. The van der Waals surface area contributed by atoms with Gasteiger partial charge >= 0.3 is 0 Å². The predicted octanol–water partition coefficient (Wildman–Crippen LogP) is 3.03. The highest BCUT2D eigenvalue weighted by Crippen LogP contribution is 2.23. The van der Waals surface area contributed by atoms with Gasteiger partial charge in [-0.3, -0.25) is 4.98 Å². The van der Waals surface area contributed by atoms with Gasteiger partial charge in [0.05, 0.1) is 6.10 Å². The van der Waals surface area contributed by atoms with E-state index in [9.17, 15) is 5.11 Å². The number of allylic oxidation sites excluding steroid dienone is 1. The molecule has 0 spiro atoms. The van der Waals surface area contributed by atoms with Crippen molar-refractivity contribution < 1.29 is 5.11 Å². The second-order valence-electron chi connectivity index (χ2n) is 3.94. The highest BCUT2D eigenvalue weighted by atomic mass is 16.3. The Hall–Kier alpha value is -1.15. The van der Waals surface area contributed by atoms with E-state index in [4.69, 9.17) is 0 Å². The SMILES string of the molecule is C=C(C)CCC(O)c1ccncc1CC. The van der Waals surface area contributed by atoms with Crippen LogP contribution in [0.5, 0.6) is 0 Å². The zero-order valence-electron chi connectivity index (χ0n) is 9.53. The zero-order valence-corrected chi connectivity index (χ0v) is 9.53. The summed E-state index contributed by atoms with van der Waals surface area (Å²) >= 11 is 0. The Bertz CT molecular complexity index is 333. The summed E-state index contributed by atoms with van der Waals surface area (Å²) in [7, 11) is 0. The average Bonchev–Trinajstić information content (AvgIpc) is 2.25. The normalized spacial score (nSPS) is 12.5. The number of pyridine rings is 1. The standard InChI is InChI=1S/C13H19NO/c1-4-11-9-14-8-7-12(11)13(15)6-5-10(2)3/h7-9,13,15H,2,4-6H2,1,3H3. The number of hydrogen-bond donors (Lipinski definition) is 1. The maximum Gasteiger partial charge on any atom is 0.0796 e. The molecule has 1 unspecified atom stereocenters. The van der Waals surface area contributed by atoms with E-state index in [1.54, 1.807) is 6.20 Å². The molecule has 1 heterocycles. The van der Waals surface area contributed by atoms with Crippen molar-refractivity contribution in [3.63, 3.8) is 0 Å². The molecule has 0 aromatic carbocycles. The Labute approximate surface area is 91.7 Å². The Balaban J connectivity index is 2.72. The highest BCUT2D eigenvalue weighted by molar-refractivity contribution is 5.25. The van der Waals surface area contributed by atoms with E-state index >= 15 is 0 Å². The van der Waals surface area contributed by atoms with Gasteiger partial charge in [0.1, 0.15) is 0 Å². The van der Waals surface area contributed by atoms with Gasteiger partial charge in [-0.15, -0.1) is 6.58 Å². The Kier molecular flexibility index (Phi) is 4.50. The van der Waals surface area contributed by atoms with Crippen LogP contribution in [0.2, 0.25) is 0 Å². The van der Waals surface area contributed by atoms with Crippen LogP contribution < -0.4 is 0 Å². The van der Waals surface area contributed by atoms with E-state index in [2.05, 4.69) is 18.5 Å². The molecule has 1 rings (SSSR count). The van der Waals surface area contributed by atoms with Gasteiger partial charge < -0.3 is 5.11 Å². The summed E-state index contributed by atoms with van der Waals surface area (Å²) in [6.45, 7) is 7.90. The molecule has 82 valence electrons. The number of hydrogen-bond acceptors (Lipinski definition) is 2. The van der Waals surface area contributed by atoms with Crippen molar-refractivity contribution in [1.29, 1.82) is 0 Å². The van der Waals surface area contributed by atoms with Gasteiger partial charge in [0.2, 0.25) is 0 Å². The van der Waals surface area contributed by atoms with Crippen LogP contribution in [0.1, 0.15) is 43.9 Å². The predicted molar refractivity (Wildman–Crippen MR) is 62.6 cm³/mol. The fourth-order valence-electron chi connectivity index (χ4n) is 1.60. The molecule has 0 saturated carbocycles. The first-order valence-electron chi connectivity index (χ1n) is 5.40. The van der Waals surface area contributed by atoms with Gasteiger partial charge in [-0.25, -0.2) is 0 Å². The molecular formula is C13H19NO. The Morgan fingerprint density at radius 3 is 2.93 bits per heavy atom. The molecule has 0 radical (unpaired) electrons. The number of aryl methyl sites for hydroxylation is 1. The molecular weight excluding hydrogens is 186 g/mol. The minimum absolute atomic E-state index is 0.389. The van der Waals surface area contributed by atoms with Crippen LogP contribution in [0.15, 0.2) is 30.6 Å². The molecule has 0 aliphatic heterocycles. The van der Waals surface area contributed by atoms with E-state index in [-0.39, 0.29) is 6.10 Å². The van der Waals surface area contributed by atoms with E-state index in [0.29, 0.717) is 0 Å². The van der Waals surface area contributed by atoms with Crippen molar-refractivity contribution in [3.05, 3.63) is 41.7 Å². The molecule has 0 amide bonds. The van der Waals surface area contributed by atoms with E-state index < -0.39 is 0 Å². The van der Waals surface area contributed by atoms with Crippen LogP contribution in [-0.2, 0) is 6.42 Å². The number of aromatic nitrogens is 1. The lowest BCUT2D eigenvalue weighted by atomic mass is 9.98. The minimum Gasteiger partial charge on any atom is -0.388 e. The smallest absolute Gasteiger partial charge is 0.0796 e. The fraction of sp³-hybridized carbons (Fsp3) is 0.462. The van der Waals surface area contributed by atoms with Gasteiger partial charge in [-0.2, -0.15) is 0 Å². The van der Waals surface area contributed by atoms with Crippen molar-refractivity contribution >= 4 is 0 Å². The Morgan fingerprint density at radius 1 is 1.60 bits per heavy atom.